The van der Waals surface area contributed by atoms with Crippen LogP contribution in [0.15, 0.2) is 94.6 Å². The summed E-state index contributed by atoms with van der Waals surface area (Å²) in [5, 5.41) is 9.33. The summed E-state index contributed by atoms with van der Waals surface area (Å²) in [6, 6.07) is 27.8. The number of H-pyrrole nitrogens is 1. The van der Waals surface area contributed by atoms with Crippen molar-refractivity contribution in [3.8, 4) is 17.6 Å². The van der Waals surface area contributed by atoms with Crippen molar-refractivity contribution in [1.29, 1.82) is 5.26 Å². The number of aromatic nitrogens is 2. The Bertz CT molecular complexity index is 1920. The van der Waals surface area contributed by atoms with Crippen molar-refractivity contribution in [2.24, 2.45) is 0 Å². The predicted octanol–water partition coefficient (Wildman–Crippen LogP) is 7.21. The van der Waals surface area contributed by atoms with Crippen molar-refractivity contribution in [2.45, 2.75) is 90.0 Å². The molecule has 0 bridgehead atoms. The average molecular weight is 759 g/mol. The summed E-state index contributed by atoms with van der Waals surface area (Å²) < 4.78 is 42.1. The van der Waals surface area contributed by atoms with Gasteiger partial charge in [0.1, 0.15) is 35.0 Å². The molecule has 54 heavy (non-hydrogen) atoms. The summed E-state index contributed by atoms with van der Waals surface area (Å²) in [5.41, 5.74) is -0.438. The summed E-state index contributed by atoms with van der Waals surface area (Å²) in [7, 11) is 1.55. The highest BCUT2D eigenvalue weighted by Crippen LogP contribution is 2.53. The number of aryl methyl sites for hydroxylation is 1. The summed E-state index contributed by atoms with van der Waals surface area (Å²) in [4.78, 5) is 28.0. The van der Waals surface area contributed by atoms with Gasteiger partial charge < -0.3 is 28.0 Å². The number of nitrogens with one attached hydrogen (secondary N) is 1. The second kappa shape index (κ2) is 17.9. The van der Waals surface area contributed by atoms with Gasteiger partial charge in [0, 0.05) is 30.3 Å². The molecule has 1 aromatic heterocycles. The lowest BCUT2D eigenvalue weighted by Crippen LogP contribution is -2.47. The largest absolute Gasteiger partial charge is 0.497 e. The van der Waals surface area contributed by atoms with Crippen LogP contribution in [0.2, 0.25) is 0 Å². The van der Waals surface area contributed by atoms with E-state index in [4.69, 9.17) is 28.0 Å². The van der Waals surface area contributed by atoms with Crippen LogP contribution in [0.3, 0.4) is 0 Å². The fraction of sp³-hybridized carbons (Fsp3) is 0.439. The average Bonchev–Trinajstić information content (AvgIpc) is 3.49. The Morgan fingerprint density at radius 2 is 1.50 bits per heavy atom. The molecule has 1 unspecified atom stereocenters. The van der Waals surface area contributed by atoms with Crippen molar-refractivity contribution in [1.82, 2.24) is 14.2 Å². The lowest BCUT2D eigenvalue weighted by Gasteiger charge is -2.41. The number of benzene rings is 3. The van der Waals surface area contributed by atoms with Gasteiger partial charge in [-0.3, -0.25) is 14.3 Å². The minimum atomic E-state index is -1.70. The normalized spacial score (nSPS) is 19.3. The third kappa shape index (κ3) is 8.79. The van der Waals surface area contributed by atoms with Crippen molar-refractivity contribution in [3.63, 3.8) is 0 Å². The molecule has 5 rings (SSSR count). The van der Waals surface area contributed by atoms with Gasteiger partial charge in [-0.2, -0.15) is 5.26 Å². The maximum atomic E-state index is 13.2. The molecule has 0 aliphatic carbocycles. The molecule has 0 amide bonds. The predicted molar refractivity (Wildman–Crippen MR) is 208 cm³/mol. The monoisotopic (exact) mass is 758 g/mol. The van der Waals surface area contributed by atoms with Crippen LogP contribution < -0.4 is 20.7 Å². The summed E-state index contributed by atoms with van der Waals surface area (Å²) in [5.74, 6) is 1.40. The zero-order valence-electron chi connectivity index (χ0n) is 32.3. The standard InChI is InChI=1S/C41H51N4O8P/c1-28(2)45(29(3)4)54(51-24-12-23-42)53-36-25-37(44-26-30(5)38(46)43-39(44)47)52-40(36,6)27-50-41(31-13-10-9-11-14-31,32-15-19-34(48-7)20-16-32)33-17-21-35(49-8)22-18-33/h9-11,13-22,26,28-29,36-37H,12,24-25,27H2,1-8H3,(H,43,46,47)/t36-,37+,40+,54?/m0/s1. The van der Waals surface area contributed by atoms with Crippen molar-refractivity contribution in [2.75, 3.05) is 27.4 Å². The van der Waals surface area contributed by atoms with Crippen molar-refractivity contribution in [3.05, 3.63) is 128 Å². The van der Waals surface area contributed by atoms with E-state index in [1.165, 1.54) is 10.8 Å². The number of nitriles is 1. The lowest BCUT2D eigenvalue weighted by molar-refractivity contribution is -0.149. The van der Waals surface area contributed by atoms with E-state index in [-0.39, 0.29) is 38.1 Å². The molecule has 0 spiro atoms. The van der Waals surface area contributed by atoms with Gasteiger partial charge in [-0.05, 0) is 82.5 Å². The summed E-state index contributed by atoms with van der Waals surface area (Å²) in [6.07, 6.45) is 0.502. The topological polar surface area (TPSA) is 137 Å². The molecule has 13 heteroatoms. The minimum Gasteiger partial charge on any atom is -0.497 e. The van der Waals surface area contributed by atoms with Gasteiger partial charge in [-0.15, -0.1) is 0 Å². The smallest absolute Gasteiger partial charge is 0.330 e. The SMILES string of the molecule is COc1ccc(C(OC[C@@]2(C)O[C@@H](n3cc(C)c(=O)[nH]c3=O)C[C@@H]2OP(OCCC#N)N(C(C)C)C(C)C)(c2ccccc2)c2ccc(OC)cc2)cc1. The fourth-order valence-electron chi connectivity index (χ4n) is 6.85. The Morgan fingerprint density at radius 3 is 2.02 bits per heavy atom. The van der Waals surface area contributed by atoms with Crippen LogP contribution in [0.4, 0.5) is 0 Å². The molecule has 3 aromatic carbocycles. The van der Waals surface area contributed by atoms with Crippen LogP contribution in [0, 0.1) is 18.3 Å². The molecule has 4 atom stereocenters. The number of aromatic amines is 1. The Kier molecular flexibility index (Phi) is 13.5. The minimum absolute atomic E-state index is 0.00291. The number of nitrogens with zero attached hydrogens (tertiary/aromatic N) is 3. The first-order valence-electron chi connectivity index (χ1n) is 18.1. The van der Waals surface area contributed by atoms with Gasteiger partial charge in [0.05, 0.1) is 39.9 Å². The van der Waals surface area contributed by atoms with Crippen molar-refractivity contribution >= 4 is 8.53 Å². The van der Waals surface area contributed by atoms with Crippen LogP contribution in [0.25, 0.3) is 0 Å². The third-order valence-electron chi connectivity index (χ3n) is 9.59. The maximum Gasteiger partial charge on any atom is 0.330 e. The van der Waals surface area contributed by atoms with E-state index in [9.17, 15) is 14.9 Å². The molecule has 0 radical (unpaired) electrons. The molecule has 288 valence electrons. The highest BCUT2D eigenvalue weighted by atomic mass is 31.2. The van der Waals surface area contributed by atoms with E-state index in [2.05, 4.69) is 43.4 Å². The molecule has 1 N–H and O–H groups in total. The second-order valence-corrected chi connectivity index (χ2v) is 15.4. The molecular weight excluding hydrogens is 707 g/mol. The maximum absolute atomic E-state index is 13.2. The van der Waals surface area contributed by atoms with Gasteiger partial charge in [0.25, 0.3) is 14.1 Å². The summed E-state index contributed by atoms with van der Waals surface area (Å²) in [6.45, 7) is 12.0. The van der Waals surface area contributed by atoms with Crippen LogP contribution in [-0.2, 0) is 24.1 Å². The van der Waals surface area contributed by atoms with Gasteiger partial charge in [0.15, 0.2) is 0 Å². The molecule has 1 saturated heterocycles. The number of methoxy groups -OCH3 is 2. The van der Waals surface area contributed by atoms with E-state index >= 15 is 0 Å². The van der Waals surface area contributed by atoms with Crippen LogP contribution >= 0.6 is 8.53 Å². The quantitative estimate of drug-likeness (QED) is 0.0668. The fourth-order valence-corrected chi connectivity index (χ4v) is 8.68. The lowest BCUT2D eigenvalue weighted by atomic mass is 9.79. The molecule has 1 fully saturated rings. The van der Waals surface area contributed by atoms with Crippen LogP contribution in [0.5, 0.6) is 11.5 Å². The second-order valence-electron chi connectivity index (χ2n) is 14.0. The molecular formula is C41H51N4O8P. The zero-order valence-corrected chi connectivity index (χ0v) is 33.2. The van der Waals surface area contributed by atoms with E-state index in [0.29, 0.717) is 17.1 Å². The first-order chi connectivity index (χ1) is 25.9. The molecule has 1 aliphatic heterocycles. The highest BCUT2D eigenvalue weighted by Gasteiger charge is 2.52. The Hall–Kier alpha value is -4.34. The third-order valence-corrected chi connectivity index (χ3v) is 11.7. The van der Waals surface area contributed by atoms with Gasteiger partial charge in [0.2, 0.25) is 0 Å². The van der Waals surface area contributed by atoms with Gasteiger partial charge >= 0.3 is 5.69 Å². The van der Waals surface area contributed by atoms with Gasteiger partial charge in [-0.25, -0.2) is 9.46 Å². The molecule has 0 saturated carbocycles. The Balaban J connectivity index is 1.64. The van der Waals surface area contributed by atoms with E-state index in [1.807, 2.05) is 85.8 Å². The van der Waals surface area contributed by atoms with Gasteiger partial charge in [-0.1, -0.05) is 54.6 Å². The first-order valence-corrected chi connectivity index (χ1v) is 19.2. The molecule has 12 nitrogen and oxygen atoms in total. The zero-order chi connectivity index (χ0) is 39.0. The Morgan fingerprint density at radius 1 is 0.944 bits per heavy atom. The molecule has 4 aromatic rings. The number of hydrogen-bond acceptors (Lipinski definition) is 10. The van der Waals surface area contributed by atoms with Crippen LogP contribution in [0.1, 0.15) is 75.9 Å². The summed E-state index contributed by atoms with van der Waals surface area (Å²) >= 11 is 0. The van der Waals surface area contributed by atoms with E-state index in [1.54, 1.807) is 21.1 Å². The highest BCUT2D eigenvalue weighted by molar-refractivity contribution is 7.44. The number of rotatable bonds is 17. The first kappa shape index (κ1) is 40.8. The van der Waals surface area contributed by atoms with Crippen LogP contribution in [-0.4, -0.2) is 65.4 Å². The number of ether oxygens (including phenoxy) is 4. The van der Waals surface area contributed by atoms with E-state index in [0.717, 1.165) is 16.7 Å². The molecule has 1 aliphatic rings. The van der Waals surface area contributed by atoms with Crippen molar-refractivity contribution < 1.29 is 28.0 Å². The van der Waals surface area contributed by atoms with E-state index < -0.39 is 43.3 Å². The molecule has 2 heterocycles. The Labute approximate surface area is 318 Å². The number of hydrogen-bond donors (Lipinski definition) is 1.